The number of primary amides is 1. The molecule has 0 fully saturated rings. The number of carbonyl (C=O) groups is 1. The monoisotopic (exact) mass is 399 g/mol. The van der Waals surface area contributed by atoms with Gasteiger partial charge in [-0.05, 0) is 54.7 Å². The summed E-state index contributed by atoms with van der Waals surface area (Å²) in [6.45, 7) is 7.68. The molecule has 0 aliphatic rings. The first-order valence-corrected chi connectivity index (χ1v) is 10.0. The standard InChI is InChI=1S/C23H33N3O3/c1-15(2)17-5-8-19(9-6-17)26(4)12-11-16(3)25-14-22(28)18-7-10-21(27)20(13-18)23(24)29/h5-10,13,15-16,22,25,27-28H,11-12,14H2,1-4H3,(H2,24,29). The van der Waals surface area contributed by atoms with E-state index in [0.29, 0.717) is 18.0 Å². The summed E-state index contributed by atoms with van der Waals surface area (Å²) in [5.41, 5.74) is 8.32. The molecule has 2 aromatic carbocycles. The Balaban J connectivity index is 1.82. The van der Waals surface area contributed by atoms with E-state index in [1.54, 1.807) is 6.07 Å². The third kappa shape index (κ3) is 6.48. The van der Waals surface area contributed by atoms with Crippen LogP contribution in [0.15, 0.2) is 42.5 Å². The fourth-order valence-electron chi connectivity index (χ4n) is 3.12. The third-order valence-electron chi connectivity index (χ3n) is 5.23. The van der Waals surface area contributed by atoms with Crippen LogP contribution in [-0.2, 0) is 0 Å². The number of aliphatic hydroxyl groups excluding tert-OH is 1. The summed E-state index contributed by atoms with van der Waals surface area (Å²) in [6, 6.07) is 13.3. The smallest absolute Gasteiger partial charge is 0.252 e. The lowest BCUT2D eigenvalue weighted by Crippen LogP contribution is -2.33. The van der Waals surface area contributed by atoms with E-state index >= 15 is 0 Å². The van der Waals surface area contributed by atoms with Crippen LogP contribution in [0.2, 0.25) is 0 Å². The maximum Gasteiger partial charge on any atom is 0.252 e. The number of aromatic hydroxyl groups is 1. The Morgan fingerprint density at radius 3 is 2.31 bits per heavy atom. The minimum atomic E-state index is -0.794. The van der Waals surface area contributed by atoms with Crippen molar-refractivity contribution in [3.63, 3.8) is 0 Å². The maximum atomic E-state index is 11.3. The first-order valence-electron chi connectivity index (χ1n) is 10.0. The molecule has 5 N–H and O–H groups in total. The highest BCUT2D eigenvalue weighted by atomic mass is 16.3. The fourth-order valence-corrected chi connectivity index (χ4v) is 3.12. The van der Waals surface area contributed by atoms with Crippen molar-refractivity contribution in [1.29, 1.82) is 0 Å². The number of anilines is 1. The number of hydrogen-bond donors (Lipinski definition) is 4. The molecule has 1 amide bonds. The second-order valence-corrected chi connectivity index (χ2v) is 7.92. The van der Waals surface area contributed by atoms with E-state index in [9.17, 15) is 15.0 Å². The lowest BCUT2D eigenvalue weighted by Gasteiger charge is -2.23. The first-order chi connectivity index (χ1) is 13.7. The van der Waals surface area contributed by atoms with E-state index < -0.39 is 12.0 Å². The quantitative estimate of drug-likeness (QED) is 0.492. The van der Waals surface area contributed by atoms with Gasteiger partial charge in [-0.15, -0.1) is 0 Å². The number of nitrogens with two attached hydrogens (primary N) is 1. The van der Waals surface area contributed by atoms with Crippen molar-refractivity contribution in [3.8, 4) is 5.75 Å². The van der Waals surface area contributed by atoms with Gasteiger partial charge in [-0.3, -0.25) is 4.79 Å². The maximum absolute atomic E-state index is 11.3. The summed E-state index contributed by atoms with van der Waals surface area (Å²) >= 11 is 0. The molecule has 2 rings (SSSR count). The molecule has 2 aromatic rings. The molecule has 2 unspecified atom stereocenters. The van der Waals surface area contributed by atoms with Crippen molar-refractivity contribution < 1.29 is 15.0 Å². The summed E-state index contributed by atoms with van der Waals surface area (Å²) in [6.07, 6.45) is 0.120. The van der Waals surface area contributed by atoms with Gasteiger partial charge in [-0.2, -0.15) is 0 Å². The van der Waals surface area contributed by atoms with Crippen molar-refractivity contribution in [3.05, 3.63) is 59.2 Å². The topological polar surface area (TPSA) is 98.8 Å². The Bertz CT molecular complexity index is 806. The number of rotatable bonds is 10. The van der Waals surface area contributed by atoms with Gasteiger partial charge in [0, 0.05) is 31.9 Å². The number of nitrogens with one attached hydrogen (secondary N) is 1. The predicted molar refractivity (Wildman–Crippen MR) is 117 cm³/mol. The number of aliphatic hydroxyl groups is 1. The highest BCUT2D eigenvalue weighted by molar-refractivity contribution is 5.95. The second-order valence-electron chi connectivity index (χ2n) is 7.92. The van der Waals surface area contributed by atoms with E-state index in [-0.39, 0.29) is 17.4 Å². The van der Waals surface area contributed by atoms with Crippen LogP contribution < -0.4 is 16.0 Å². The number of amides is 1. The molecule has 2 atom stereocenters. The minimum Gasteiger partial charge on any atom is -0.507 e. The molecule has 0 bridgehead atoms. The van der Waals surface area contributed by atoms with Gasteiger partial charge in [-0.1, -0.05) is 32.0 Å². The minimum absolute atomic E-state index is 0.0136. The molecule has 0 aliphatic carbocycles. The van der Waals surface area contributed by atoms with Gasteiger partial charge in [0.1, 0.15) is 5.75 Å². The zero-order chi connectivity index (χ0) is 21.6. The van der Waals surface area contributed by atoms with Crippen molar-refractivity contribution in [2.45, 2.75) is 45.3 Å². The Kier molecular flexibility index (Phi) is 8.05. The summed E-state index contributed by atoms with van der Waals surface area (Å²) in [5, 5.41) is 23.4. The number of nitrogens with zero attached hydrogens (tertiary/aromatic N) is 1. The first kappa shape index (κ1) is 22.7. The predicted octanol–water partition coefficient (Wildman–Crippen LogP) is 3.15. The van der Waals surface area contributed by atoms with Gasteiger partial charge >= 0.3 is 0 Å². The van der Waals surface area contributed by atoms with E-state index in [0.717, 1.165) is 13.0 Å². The SMILES string of the molecule is CC(CCN(C)c1ccc(C(C)C)cc1)NCC(O)c1ccc(O)c(C(N)=O)c1. The van der Waals surface area contributed by atoms with E-state index in [1.807, 2.05) is 0 Å². The number of carbonyl (C=O) groups excluding carboxylic acids is 1. The van der Waals surface area contributed by atoms with E-state index in [1.165, 1.54) is 23.4 Å². The highest BCUT2D eigenvalue weighted by Gasteiger charge is 2.14. The Labute approximate surface area is 173 Å². The van der Waals surface area contributed by atoms with Crippen molar-refractivity contribution in [2.24, 2.45) is 5.73 Å². The molecule has 6 heteroatoms. The number of hydrogen-bond acceptors (Lipinski definition) is 5. The van der Waals surface area contributed by atoms with Crippen molar-refractivity contribution in [1.82, 2.24) is 5.32 Å². The average Bonchev–Trinajstić information content (AvgIpc) is 2.70. The third-order valence-corrected chi connectivity index (χ3v) is 5.23. The molecule has 0 radical (unpaired) electrons. The van der Waals surface area contributed by atoms with Gasteiger partial charge in [0.25, 0.3) is 5.91 Å². The molecular formula is C23H33N3O3. The van der Waals surface area contributed by atoms with E-state index in [4.69, 9.17) is 5.73 Å². The molecule has 0 spiro atoms. The van der Waals surface area contributed by atoms with Crippen LogP contribution in [0.3, 0.4) is 0 Å². The zero-order valence-electron chi connectivity index (χ0n) is 17.7. The molecule has 29 heavy (non-hydrogen) atoms. The van der Waals surface area contributed by atoms with Gasteiger partial charge < -0.3 is 26.2 Å². The molecule has 0 saturated carbocycles. The molecular weight excluding hydrogens is 366 g/mol. The van der Waals surface area contributed by atoms with Crippen LogP contribution in [0.5, 0.6) is 5.75 Å². The second kappa shape index (κ2) is 10.3. The number of benzene rings is 2. The molecule has 0 saturated heterocycles. The van der Waals surface area contributed by atoms with E-state index in [2.05, 4.69) is 62.3 Å². The highest BCUT2D eigenvalue weighted by Crippen LogP contribution is 2.22. The Morgan fingerprint density at radius 2 is 1.72 bits per heavy atom. The Hall–Kier alpha value is -2.57. The molecule has 0 heterocycles. The lowest BCUT2D eigenvalue weighted by molar-refractivity contribution is 0.0997. The van der Waals surface area contributed by atoms with Crippen LogP contribution >= 0.6 is 0 Å². The van der Waals surface area contributed by atoms with Crippen LogP contribution in [0, 0.1) is 0 Å². The molecule has 158 valence electrons. The Morgan fingerprint density at radius 1 is 1.10 bits per heavy atom. The van der Waals surface area contributed by atoms with Crippen LogP contribution in [0.25, 0.3) is 0 Å². The average molecular weight is 400 g/mol. The van der Waals surface area contributed by atoms with Gasteiger partial charge in [0.2, 0.25) is 0 Å². The summed E-state index contributed by atoms with van der Waals surface area (Å²) < 4.78 is 0. The largest absolute Gasteiger partial charge is 0.507 e. The lowest BCUT2D eigenvalue weighted by atomic mass is 10.0. The molecule has 6 nitrogen and oxygen atoms in total. The van der Waals surface area contributed by atoms with Crippen molar-refractivity contribution in [2.75, 3.05) is 25.0 Å². The summed E-state index contributed by atoms with van der Waals surface area (Å²) in [5.74, 6) is -0.376. The zero-order valence-corrected chi connectivity index (χ0v) is 17.7. The van der Waals surface area contributed by atoms with Gasteiger partial charge in [0.15, 0.2) is 0 Å². The van der Waals surface area contributed by atoms with Crippen LogP contribution in [0.4, 0.5) is 5.69 Å². The summed E-state index contributed by atoms with van der Waals surface area (Å²) in [4.78, 5) is 13.6. The van der Waals surface area contributed by atoms with Crippen LogP contribution in [-0.4, -0.2) is 42.3 Å². The fraction of sp³-hybridized carbons (Fsp3) is 0.435. The molecule has 0 aliphatic heterocycles. The summed E-state index contributed by atoms with van der Waals surface area (Å²) in [7, 11) is 2.08. The molecule has 0 aromatic heterocycles. The van der Waals surface area contributed by atoms with Gasteiger partial charge in [0.05, 0.1) is 11.7 Å². The van der Waals surface area contributed by atoms with Crippen LogP contribution in [0.1, 0.15) is 60.7 Å². The van der Waals surface area contributed by atoms with Gasteiger partial charge in [-0.25, -0.2) is 0 Å². The normalized spacial score (nSPS) is 13.3. The number of phenols is 1. The van der Waals surface area contributed by atoms with Crippen molar-refractivity contribution >= 4 is 11.6 Å².